The van der Waals surface area contributed by atoms with E-state index >= 15 is 0 Å². The van der Waals surface area contributed by atoms with Crippen LogP contribution in [0.4, 0.5) is 26.3 Å². The maximum Gasteiger partial charge on any atom is 0.427 e. The van der Waals surface area contributed by atoms with E-state index in [1.54, 1.807) is 0 Å². The van der Waals surface area contributed by atoms with Gasteiger partial charge in [-0.1, -0.05) is 0 Å². The summed E-state index contributed by atoms with van der Waals surface area (Å²) in [5.41, 5.74) is -0.746. The molecule has 3 rings (SSSR count). The number of alkyl halides is 3. The van der Waals surface area contributed by atoms with E-state index in [1.807, 2.05) is 0 Å². The van der Waals surface area contributed by atoms with Crippen LogP contribution in [0.25, 0.3) is 11.3 Å². The van der Waals surface area contributed by atoms with Gasteiger partial charge in [-0.3, -0.25) is 4.79 Å². The number of hydrogen-bond acceptors (Lipinski definition) is 5. The van der Waals surface area contributed by atoms with Crippen molar-refractivity contribution in [2.75, 3.05) is 7.11 Å². The van der Waals surface area contributed by atoms with E-state index in [4.69, 9.17) is 14.6 Å². The molecule has 2 aromatic carbocycles. The van der Waals surface area contributed by atoms with Gasteiger partial charge < -0.3 is 14.6 Å². The fraction of sp³-hybridized carbons (Fsp3) is 0.238. The first kappa shape index (κ1) is 24.4. The molecule has 0 aliphatic rings. The molecule has 176 valence electrons. The molecule has 0 saturated heterocycles. The highest BCUT2D eigenvalue weighted by Crippen LogP contribution is 2.41. The van der Waals surface area contributed by atoms with Crippen molar-refractivity contribution in [2.45, 2.75) is 25.6 Å². The van der Waals surface area contributed by atoms with Crippen LogP contribution < -0.4 is 9.47 Å². The summed E-state index contributed by atoms with van der Waals surface area (Å²) in [5, 5.41) is 8.68. The van der Waals surface area contributed by atoms with Crippen LogP contribution in [0.1, 0.15) is 22.4 Å². The fourth-order valence-corrected chi connectivity index (χ4v) is 3.76. The summed E-state index contributed by atoms with van der Waals surface area (Å²) in [6, 6.07) is 5.11. The monoisotopic (exact) mass is 491 g/mol. The van der Waals surface area contributed by atoms with Crippen LogP contribution in [0.3, 0.4) is 0 Å². The quantitative estimate of drug-likeness (QED) is 0.401. The van der Waals surface area contributed by atoms with Gasteiger partial charge in [-0.25, -0.2) is 13.2 Å². The Hall–Kier alpha value is -3.28. The summed E-state index contributed by atoms with van der Waals surface area (Å²) in [6.07, 6.45) is -5.35. The minimum Gasteiger partial charge on any atom is -0.494 e. The van der Waals surface area contributed by atoms with Crippen LogP contribution in [0.15, 0.2) is 30.3 Å². The van der Waals surface area contributed by atoms with E-state index in [1.165, 1.54) is 19.2 Å². The summed E-state index contributed by atoms with van der Waals surface area (Å²) in [4.78, 5) is 9.46. The summed E-state index contributed by atoms with van der Waals surface area (Å²) >= 11 is 0.0972. The molecule has 5 nitrogen and oxygen atoms in total. The Morgan fingerprint density at radius 1 is 1.09 bits per heavy atom. The molecule has 0 saturated carbocycles. The number of aliphatic carboxylic acids is 1. The lowest BCUT2D eigenvalue weighted by molar-refractivity contribution is -0.137. The Kier molecular flexibility index (Phi) is 7.15. The molecule has 0 radical (unpaired) electrons. The zero-order valence-corrected chi connectivity index (χ0v) is 17.6. The minimum absolute atomic E-state index is 0.0105. The Bertz CT molecular complexity index is 1160. The Labute approximate surface area is 187 Å². The van der Waals surface area contributed by atoms with E-state index in [2.05, 4.69) is 4.37 Å². The number of benzene rings is 2. The molecule has 0 atom stereocenters. The minimum atomic E-state index is -4.84. The topological polar surface area (TPSA) is 68.7 Å². The smallest absolute Gasteiger partial charge is 0.427 e. The number of rotatable bonds is 8. The summed E-state index contributed by atoms with van der Waals surface area (Å²) in [5.74, 6) is -5.47. The van der Waals surface area contributed by atoms with E-state index in [0.717, 1.165) is 18.2 Å². The zero-order chi connectivity index (χ0) is 24.3. The number of ether oxygens (including phenoxy) is 2. The second-order valence-electron chi connectivity index (χ2n) is 6.76. The lowest BCUT2D eigenvalue weighted by atomic mass is 10.1. The third-order valence-electron chi connectivity index (χ3n) is 4.52. The molecule has 1 heterocycles. The van der Waals surface area contributed by atoms with E-state index in [-0.39, 0.29) is 46.9 Å². The van der Waals surface area contributed by atoms with Crippen LogP contribution >= 0.6 is 11.5 Å². The second kappa shape index (κ2) is 9.69. The highest BCUT2D eigenvalue weighted by atomic mass is 32.1. The van der Waals surface area contributed by atoms with Gasteiger partial charge in [0.15, 0.2) is 29.0 Å². The van der Waals surface area contributed by atoms with Gasteiger partial charge in [0.25, 0.3) is 0 Å². The van der Waals surface area contributed by atoms with E-state index in [9.17, 15) is 31.1 Å². The molecule has 0 spiro atoms. The van der Waals surface area contributed by atoms with Gasteiger partial charge in [-0.2, -0.15) is 17.5 Å². The van der Waals surface area contributed by atoms with Gasteiger partial charge in [0, 0.05) is 17.5 Å². The second-order valence-corrected chi connectivity index (χ2v) is 7.53. The van der Waals surface area contributed by atoms with Gasteiger partial charge in [0.1, 0.15) is 11.5 Å². The predicted octanol–water partition coefficient (Wildman–Crippen LogP) is 5.85. The normalized spacial score (nSPS) is 11.5. The number of carboxylic acids is 1. The van der Waals surface area contributed by atoms with Gasteiger partial charge >= 0.3 is 12.1 Å². The molecule has 1 N–H and O–H groups in total. The van der Waals surface area contributed by atoms with Gasteiger partial charge in [-0.15, -0.1) is 0 Å². The molecule has 0 amide bonds. The number of carboxylic acid groups (broad SMARTS) is 1. The molecule has 0 aliphatic carbocycles. The molecular weight excluding hydrogens is 476 g/mol. The lowest BCUT2D eigenvalue weighted by Crippen LogP contribution is -2.09. The third kappa shape index (κ3) is 5.56. The van der Waals surface area contributed by atoms with Crippen LogP contribution in [0, 0.1) is 17.5 Å². The van der Waals surface area contributed by atoms with Gasteiger partial charge in [0.2, 0.25) is 0 Å². The summed E-state index contributed by atoms with van der Waals surface area (Å²) < 4.78 is 96.8. The average molecular weight is 491 g/mol. The van der Waals surface area contributed by atoms with Crippen molar-refractivity contribution in [1.82, 2.24) is 4.37 Å². The molecule has 1 aromatic heterocycles. The highest BCUT2D eigenvalue weighted by molar-refractivity contribution is 7.06. The van der Waals surface area contributed by atoms with Gasteiger partial charge in [0.05, 0.1) is 12.8 Å². The highest BCUT2D eigenvalue weighted by Gasteiger charge is 2.38. The Morgan fingerprint density at radius 2 is 1.76 bits per heavy atom. The Morgan fingerprint density at radius 3 is 2.30 bits per heavy atom. The van der Waals surface area contributed by atoms with Crippen molar-refractivity contribution in [1.29, 1.82) is 0 Å². The van der Waals surface area contributed by atoms with E-state index in [0.29, 0.717) is 0 Å². The first-order chi connectivity index (χ1) is 15.5. The van der Waals surface area contributed by atoms with Crippen molar-refractivity contribution < 1.29 is 45.7 Å². The number of halogens is 6. The van der Waals surface area contributed by atoms with E-state index < -0.39 is 52.4 Å². The van der Waals surface area contributed by atoms with Crippen LogP contribution in [-0.4, -0.2) is 22.6 Å². The van der Waals surface area contributed by atoms with Crippen molar-refractivity contribution >= 4 is 17.5 Å². The SMILES string of the molecule is COc1ccc(-c2nsc(C(F)(F)F)c2COc2c(F)cc(CCC(=O)O)cc2F)cc1F. The standard InChI is InChI=1S/C21H15F6NO4S/c1-31-16-4-3-11(8-13(16)22)18-12(20(33-28-18)21(25,26)27)9-32-19-14(23)6-10(7-15(19)24)2-5-17(29)30/h3-4,6-8H,2,5,9H2,1H3,(H,29,30). The average Bonchev–Trinajstić information content (AvgIpc) is 3.16. The third-order valence-corrected chi connectivity index (χ3v) is 5.45. The number of aryl methyl sites for hydroxylation is 1. The molecule has 0 bridgehead atoms. The molecule has 33 heavy (non-hydrogen) atoms. The maximum absolute atomic E-state index is 14.3. The summed E-state index contributed by atoms with van der Waals surface area (Å²) in [6.45, 7) is -0.906. The van der Waals surface area contributed by atoms with Crippen LogP contribution in [0.5, 0.6) is 11.5 Å². The number of carbonyl (C=O) groups is 1. The van der Waals surface area contributed by atoms with Crippen LogP contribution in [-0.2, 0) is 24.0 Å². The summed E-state index contributed by atoms with van der Waals surface area (Å²) in [7, 11) is 1.22. The molecule has 0 unspecified atom stereocenters. The lowest BCUT2D eigenvalue weighted by Gasteiger charge is -2.13. The fourth-order valence-electron chi connectivity index (χ4n) is 3.00. The molecule has 3 aromatic rings. The van der Waals surface area contributed by atoms with Gasteiger partial charge in [-0.05, 0) is 53.8 Å². The molecule has 12 heteroatoms. The molecular formula is C21H15F6NO4S. The Balaban J connectivity index is 1.94. The van der Waals surface area contributed by atoms with Crippen LogP contribution in [0.2, 0.25) is 0 Å². The van der Waals surface area contributed by atoms with Crippen molar-refractivity contribution in [3.8, 4) is 22.8 Å². The molecule has 0 aliphatic heterocycles. The first-order valence-electron chi connectivity index (χ1n) is 9.23. The maximum atomic E-state index is 14.3. The largest absolute Gasteiger partial charge is 0.494 e. The number of nitrogens with zero attached hydrogens (tertiary/aromatic N) is 1. The van der Waals surface area contributed by atoms with Crippen molar-refractivity contribution in [3.63, 3.8) is 0 Å². The zero-order valence-electron chi connectivity index (χ0n) is 16.8. The number of hydrogen-bond donors (Lipinski definition) is 1. The van der Waals surface area contributed by atoms with Crippen molar-refractivity contribution in [2.24, 2.45) is 0 Å². The first-order valence-corrected chi connectivity index (χ1v) is 10.0. The number of aromatic nitrogens is 1. The predicted molar refractivity (Wildman–Crippen MR) is 106 cm³/mol. The number of methoxy groups -OCH3 is 1. The molecule has 0 fully saturated rings. The van der Waals surface area contributed by atoms with Crippen molar-refractivity contribution in [3.05, 3.63) is 63.8 Å².